The number of para-hydroxylation sites is 1. The molecule has 0 bridgehead atoms. The summed E-state index contributed by atoms with van der Waals surface area (Å²) in [6, 6.07) is 55.7. The zero-order chi connectivity index (χ0) is 27.6. The van der Waals surface area contributed by atoms with Crippen molar-refractivity contribution in [3.8, 4) is 39.1 Å². The molecule has 1 nitrogen and oxygen atoms in total. The fourth-order valence-corrected chi connectivity index (χ4v) is 7.02. The smallest absolute Gasteiger partial charge is 0.0547 e. The van der Waals surface area contributed by atoms with Crippen molar-refractivity contribution in [1.29, 1.82) is 0 Å². The zero-order valence-electron chi connectivity index (χ0n) is 23.1. The van der Waals surface area contributed by atoms with E-state index in [9.17, 15) is 0 Å². The van der Waals surface area contributed by atoms with Crippen LogP contribution in [0.4, 0.5) is 0 Å². The third-order valence-electron chi connectivity index (χ3n) is 9.03. The Balaban J connectivity index is 1.18. The Morgan fingerprint density at radius 3 is 1.95 bits per heavy atom. The van der Waals surface area contributed by atoms with E-state index in [1.807, 2.05) is 0 Å². The number of nitrogens with zero attached hydrogens (tertiary/aromatic N) is 1. The van der Waals surface area contributed by atoms with Gasteiger partial charge in [-0.1, -0.05) is 127 Å². The maximum Gasteiger partial charge on any atom is 0.0547 e. The van der Waals surface area contributed by atoms with Crippen LogP contribution in [0.15, 0.2) is 152 Å². The molecule has 9 rings (SSSR count). The quantitative estimate of drug-likeness (QED) is 0.213. The van der Waals surface area contributed by atoms with Crippen LogP contribution in [-0.4, -0.2) is 4.57 Å². The summed E-state index contributed by atoms with van der Waals surface area (Å²) in [6.45, 7) is 0. The fraction of sp³-hybridized carbons (Fsp3) is 0.0244. The van der Waals surface area contributed by atoms with Crippen LogP contribution in [0.1, 0.15) is 11.1 Å². The van der Waals surface area contributed by atoms with Crippen LogP contribution in [0.5, 0.6) is 0 Å². The molecule has 0 aliphatic heterocycles. The Labute approximate surface area is 244 Å². The highest BCUT2D eigenvalue weighted by atomic mass is 15.0. The van der Waals surface area contributed by atoms with E-state index in [4.69, 9.17) is 0 Å². The van der Waals surface area contributed by atoms with Crippen LogP contribution in [0.3, 0.4) is 0 Å². The molecule has 42 heavy (non-hydrogen) atoms. The minimum atomic E-state index is 1.00. The maximum absolute atomic E-state index is 2.42. The van der Waals surface area contributed by atoms with Gasteiger partial charge in [0.15, 0.2) is 0 Å². The Morgan fingerprint density at radius 1 is 0.381 bits per heavy atom. The Hall–Kier alpha value is -5.40. The molecule has 0 radical (unpaired) electrons. The van der Waals surface area contributed by atoms with E-state index in [0.29, 0.717) is 0 Å². The van der Waals surface area contributed by atoms with Gasteiger partial charge in [-0.3, -0.25) is 0 Å². The fourth-order valence-electron chi connectivity index (χ4n) is 7.02. The minimum absolute atomic E-state index is 1.00. The Morgan fingerprint density at radius 2 is 1.02 bits per heavy atom. The molecule has 0 unspecified atom stereocenters. The van der Waals surface area contributed by atoms with E-state index in [-0.39, 0.29) is 0 Å². The molecule has 0 atom stereocenters. The highest BCUT2D eigenvalue weighted by Gasteiger charge is 2.19. The molecule has 0 saturated carbocycles. The second kappa shape index (κ2) is 9.06. The van der Waals surface area contributed by atoms with Gasteiger partial charge in [0.05, 0.1) is 11.0 Å². The maximum atomic E-state index is 2.42. The first-order valence-corrected chi connectivity index (χ1v) is 14.7. The number of hydrogen-bond donors (Lipinski definition) is 0. The molecule has 0 saturated heterocycles. The highest BCUT2D eigenvalue weighted by Crippen LogP contribution is 2.40. The average molecular weight is 534 g/mol. The molecule has 196 valence electrons. The third kappa shape index (κ3) is 3.50. The lowest BCUT2D eigenvalue weighted by atomic mass is 9.98. The standard InChI is InChI=1S/C41H27N/c1-3-11-34-27(8-1)10-7-14-35(34)28-16-20-33(21-17-28)42-40-15-6-5-13-38(40)39-23-19-30(26-41(39)42)29-18-22-37-32(24-29)25-31-9-2-4-12-36(31)37/h1-24,26H,25H2. The summed E-state index contributed by atoms with van der Waals surface area (Å²) >= 11 is 0. The largest absolute Gasteiger partial charge is 0.309 e. The van der Waals surface area contributed by atoms with E-state index >= 15 is 0 Å². The molecule has 0 spiro atoms. The summed E-state index contributed by atoms with van der Waals surface area (Å²) in [7, 11) is 0. The lowest BCUT2D eigenvalue weighted by molar-refractivity contribution is 1.18. The van der Waals surface area contributed by atoms with Gasteiger partial charge in [0, 0.05) is 16.5 Å². The van der Waals surface area contributed by atoms with Crippen LogP contribution in [0.2, 0.25) is 0 Å². The third-order valence-corrected chi connectivity index (χ3v) is 9.03. The van der Waals surface area contributed by atoms with Crippen molar-refractivity contribution in [2.24, 2.45) is 0 Å². The van der Waals surface area contributed by atoms with Gasteiger partial charge in [0.1, 0.15) is 0 Å². The second-order valence-electron chi connectivity index (χ2n) is 11.4. The van der Waals surface area contributed by atoms with E-state index in [2.05, 4.69) is 156 Å². The van der Waals surface area contributed by atoms with Crippen molar-refractivity contribution in [2.75, 3.05) is 0 Å². The van der Waals surface area contributed by atoms with Crippen molar-refractivity contribution in [2.45, 2.75) is 6.42 Å². The summed E-state index contributed by atoms with van der Waals surface area (Å²) < 4.78 is 2.42. The molecule has 1 aliphatic rings. The molecule has 1 aliphatic carbocycles. The molecule has 0 N–H and O–H groups in total. The predicted molar refractivity (Wildman–Crippen MR) is 177 cm³/mol. The Bertz CT molecular complexity index is 2310. The first-order valence-electron chi connectivity index (χ1n) is 14.7. The molecule has 0 amide bonds. The van der Waals surface area contributed by atoms with E-state index in [1.54, 1.807) is 0 Å². The van der Waals surface area contributed by atoms with Crippen LogP contribution in [-0.2, 0) is 6.42 Å². The van der Waals surface area contributed by atoms with Crippen LogP contribution >= 0.6 is 0 Å². The van der Waals surface area contributed by atoms with E-state index < -0.39 is 0 Å². The molecular weight excluding hydrogens is 506 g/mol. The first kappa shape index (κ1) is 23.3. The average Bonchev–Trinajstić information content (AvgIpc) is 3.59. The van der Waals surface area contributed by atoms with Crippen molar-refractivity contribution in [3.63, 3.8) is 0 Å². The topological polar surface area (TPSA) is 4.93 Å². The zero-order valence-corrected chi connectivity index (χ0v) is 23.1. The number of aromatic nitrogens is 1. The molecular formula is C41H27N. The van der Waals surface area contributed by atoms with Gasteiger partial charge >= 0.3 is 0 Å². The van der Waals surface area contributed by atoms with Crippen molar-refractivity contribution >= 4 is 32.6 Å². The van der Waals surface area contributed by atoms with Gasteiger partial charge in [0.2, 0.25) is 0 Å². The van der Waals surface area contributed by atoms with Gasteiger partial charge in [-0.2, -0.15) is 0 Å². The van der Waals surface area contributed by atoms with Gasteiger partial charge in [-0.05, 0) is 86.0 Å². The normalized spacial score (nSPS) is 12.2. The second-order valence-corrected chi connectivity index (χ2v) is 11.4. The van der Waals surface area contributed by atoms with Gasteiger partial charge in [-0.25, -0.2) is 0 Å². The first-order chi connectivity index (χ1) is 20.8. The summed E-state index contributed by atoms with van der Waals surface area (Å²) in [5, 5.41) is 5.11. The van der Waals surface area contributed by atoms with Gasteiger partial charge in [0.25, 0.3) is 0 Å². The predicted octanol–water partition coefficient (Wildman–Crippen LogP) is 10.8. The van der Waals surface area contributed by atoms with Gasteiger partial charge < -0.3 is 4.57 Å². The highest BCUT2D eigenvalue weighted by molar-refractivity contribution is 6.10. The van der Waals surface area contributed by atoms with Crippen molar-refractivity contribution in [1.82, 2.24) is 4.57 Å². The minimum Gasteiger partial charge on any atom is -0.309 e. The number of fused-ring (bicyclic) bond motifs is 7. The number of hydrogen-bond acceptors (Lipinski definition) is 0. The molecule has 7 aromatic carbocycles. The van der Waals surface area contributed by atoms with E-state index in [0.717, 1.165) is 6.42 Å². The summed E-state index contributed by atoms with van der Waals surface area (Å²) in [5.74, 6) is 0. The van der Waals surface area contributed by atoms with E-state index in [1.165, 1.54) is 82.8 Å². The summed E-state index contributed by atoms with van der Waals surface area (Å²) in [6.07, 6.45) is 1.00. The van der Waals surface area contributed by atoms with Crippen LogP contribution in [0, 0.1) is 0 Å². The number of benzene rings is 7. The monoisotopic (exact) mass is 533 g/mol. The lowest BCUT2D eigenvalue weighted by Gasteiger charge is -2.12. The summed E-state index contributed by atoms with van der Waals surface area (Å²) in [4.78, 5) is 0. The Kier molecular flexibility index (Phi) is 5.03. The molecule has 0 fully saturated rings. The lowest BCUT2D eigenvalue weighted by Crippen LogP contribution is -1.94. The summed E-state index contributed by atoms with van der Waals surface area (Å²) in [5.41, 5.74) is 14.2. The van der Waals surface area contributed by atoms with Crippen molar-refractivity contribution < 1.29 is 0 Å². The van der Waals surface area contributed by atoms with Crippen LogP contribution in [0.25, 0.3) is 71.6 Å². The SMILES string of the molecule is c1ccc2c(c1)Cc1cc(-c3ccc4c5ccccc5n(-c5ccc(-c6cccc7ccccc67)cc5)c4c3)ccc1-2. The van der Waals surface area contributed by atoms with Crippen molar-refractivity contribution in [3.05, 3.63) is 163 Å². The molecule has 8 aromatic rings. The number of rotatable bonds is 3. The molecule has 1 aromatic heterocycles. The van der Waals surface area contributed by atoms with Crippen LogP contribution < -0.4 is 0 Å². The molecule has 1 heteroatoms. The van der Waals surface area contributed by atoms with Gasteiger partial charge in [-0.15, -0.1) is 0 Å². The molecule has 1 heterocycles.